The highest BCUT2D eigenvalue weighted by Crippen LogP contribution is 2.22. The van der Waals surface area contributed by atoms with Crippen LogP contribution in [-0.4, -0.2) is 11.0 Å². The zero-order valence-corrected chi connectivity index (χ0v) is 13.1. The predicted molar refractivity (Wildman–Crippen MR) is 84.2 cm³/mol. The van der Waals surface area contributed by atoms with Crippen LogP contribution < -0.4 is 5.73 Å². The second kappa shape index (κ2) is 7.53. The molecule has 2 unspecified atom stereocenters. The van der Waals surface area contributed by atoms with E-state index in [2.05, 4.69) is 27.8 Å². The lowest BCUT2D eigenvalue weighted by molar-refractivity contribution is 0.0185. The van der Waals surface area contributed by atoms with Crippen molar-refractivity contribution >= 4 is 15.9 Å². The third kappa shape index (κ3) is 4.13. The number of pyridine rings is 1. The number of hydrogen-bond acceptors (Lipinski definition) is 3. The maximum absolute atomic E-state index is 6.17. The predicted octanol–water partition coefficient (Wildman–Crippen LogP) is 3.84. The van der Waals surface area contributed by atoms with Gasteiger partial charge in [0.05, 0.1) is 12.3 Å². The average Bonchev–Trinajstić information content (AvgIpc) is 2.50. The first-order chi connectivity index (χ1) is 9.70. The van der Waals surface area contributed by atoms with Crippen molar-refractivity contribution in [3.8, 4) is 0 Å². The highest BCUT2D eigenvalue weighted by Gasteiger charge is 2.20. The molecule has 0 bridgehead atoms. The number of benzene rings is 1. The smallest absolute Gasteiger partial charge is 0.115 e. The van der Waals surface area contributed by atoms with Crippen molar-refractivity contribution < 1.29 is 4.74 Å². The van der Waals surface area contributed by atoms with Gasteiger partial charge in [-0.3, -0.25) is 4.98 Å². The Morgan fingerprint density at radius 3 is 2.55 bits per heavy atom. The van der Waals surface area contributed by atoms with Crippen LogP contribution in [0.15, 0.2) is 53.1 Å². The summed E-state index contributed by atoms with van der Waals surface area (Å²) in [5.74, 6) is 0. The summed E-state index contributed by atoms with van der Waals surface area (Å²) < 4.78 is 7.07. The topological polar surface area (TPSA) is 48.1 Å². The van der Waals surface area contributed by atoms with Gasteiger partial charge in [0.15, 0.2) is 0 Å². The molecule has 4 heteroatoms. The fourth-order valence-corrected chi connectivity index (χ4v) is 2.22. The van der Waals surface area contributed by atoms with E-state index in [0.29, 0.717) is 6.61 Å². The van der Waals surface area contributed by atoms with Crippen LogP contribution >= 0.6 is 15.9 Å². The van der Waals surface area contributed by atoms with Gasteiger partial charge in [-0.25, -0.2) is 0 Å². The molecular formula is C16H19BrN2O. The standard InChI is InChI=1S/C16H19BrN2O/c1-2-14(18)16(15-5-3-4-10-19-15)20-11-12-6-8-13(17)9-7-12/h3-10,14,16H,2,11,18H2,1H3. The van der Waals surface area contributed by atoms with Crippen molar-refractivity contribution in [3.05, 3.63) is 64.4 Å². The molecule has 0 saturated heterocycles. The Morgan fingerprint density at radius 2 is 1.95 bits per heavy atom. The number of aromatic nitrogens is 1. The summed E-state index contributed by atoms with van der Waals surface area (Å²) in [7, 11) is 0. The molecule has 2 N–H and O–H groups in total. The van der Waals surface area contributed by atoms with Gasteiger partial charge in [0.25, 0.3) is 0 Å². The SMILES string of the molecule is CCC(N)C(OCc1ccc(Br)cc1)c1ccccn1. The Bertz CT molecular complexity index is 516. The molecule has 20 heavy (non-hydrogen) atoms. The normalized spacial score (nSPS) is 13.9. The van der Waals surface area contributed by atoms with Gasteiger partial charge in [-0.1, -0.05) is 41.1 Å². The van der Waals surface area contributed by atoms with Crippen LogP contribution in [-0.2, 0) is 11.3 Å². The van der Waals surface area contributed by atoms with Gasteiger partial charge in [0.1, 0.15) is 6.10 Å². The summed E-state index contributed by atoms with van der Waals surface area (Å²) >= 11 is 3.43. The molecule has 0 aliphatic heterocycles. The summed E-state index contributed by atoms with van der Waals surface area (Å²) in [5, 5.41) is 0. The van der Waals surface area contributed by atoms with Crippen molar-refractivity contribution in [3.63, 3.8) is 0 Å². The number of nitrogens with two attached hydrogens (primary N) is 1. The summed E-state index contributed by atoms with van der Waals surface area (Å²) in [4.78, 5) is 4.36. The molecule has 3 nitrogen and oxygen atoms in total. The van der Waals surface area contributed by atoms with Crippen LogP contribution in [0.5, 0.6) is 0 Å². The third-order valence-corrected chi connectivity index (χ3v) is 3.71. The Morgan fingerprint density at radius 1 is 1.20 bits per heavy atom. The van der Waals surface area contributed by atoms with Gasteiger partial charge in [-0.05, 0) is 36.2 Å². The van der Waals surface area contributed by atoms with E-state index in [1.807, 2.05) is 42.5 Å². The van der Waals surface area contributed by atoms with E-state index >= 15 is 0 Å². The minimum absolute atomic E-state index is 0.0552. The van der Waals surface area contributed by atoms with Gasteiger partial charge in [-0.2, -0.15) is 0 Å². The summed E-state index contributed by atoms with van der Waals surface area (Å²) in [6.45, 7) is 2.59. The highest BCUT2D eigenvalue weighted by molar-refractivity contribution is 9.10. The molecule has 0 aliphatic carbocycles. The first-order valence-corrected chi connectivity index (χ1v) is 7.52. The van der Waals surface area contributed by atoms with E-state index in [9.17, 15) is 0 Å². The Kier molecular flexibility index (Phi) is 5.71. The minimum atomic E-state index is -0.176. The second-order valence-electron chi connectivity index (χ2n) is 4.68. The van der Waals surface area contributed by atoms with Crippen molar-refractivity contribution in [2.45, 2.75) is 32.1 Å². The molecule has 2 atom stereocenters. The van der Waals surface area contributed by atoms with Gasteiger partial charge in [0, 0.05) is 16.7 Å². The number of halogens is 1. The van der Waals surface area contributed by atoms with Crippen molar-refractivity contribution in [2.24, 2.45) is 5.73 Å². The van der Waals surface area contributed by atoms with Crippen molar-refractivity contribution in [1.82, 2.24) is 4.98 Å². The van der Waals surface area contributed by atoms with Gasteiger partial charge in [0.2, 0.25) is 0 Å². The molecule has 1 aromatic carbocycles. The molecule has 106 valence electrons. The van der Waals surface area contributed by atoms with Crippen LogP contribution in [0.25, 0.3) is 0 Å². The molecule has 0 radical (unpaired) electrons. The lowest BCUT2D eigenvalue weighted by atomic mass is 10.1. The monoisotopic (exact) mass is 334 g/mol. The number of hydrogen-bond donors (Lipinski definition) is 1. The zero-order valence-electron chi connectivity index (χ0n) is 11.5. The van der Waals surface area contributed by atoms with Crippen LogP contribution in [0.2, 0.25) is 0 Å². The molecule has 0 aliphatic rings. The molecule has 1 heterocycles. The maximum Gasteiger partial charge on any atom is 0.115 e. The van der Waals surface area contributed by atoms with E-state index < -0.39 is 0 Å². The van der Waals surface area contributed by atoms with Crippen LogP contribution in [0.4, 0.5) is 0 Å². The molecule has 0 saturated carbocycles. The van der Waals surface area contributed by atoms with E-state index in [1.54, 1.807) is 6.20 Å². The maximum atomic E-state index is 6.17. The van der Waals surface area contributed by atoms with E-state index in [-0.39, 0.29) is 12.1 Å². The summed E-state index contributed by atoms with van der Waals surface area (Å²) in [6.07, 6.45) is 2.44. The van der Waals surface area contributed by atoms with Crippen molar-refractivity contribution in [2.75, 3.05) is 0 Å². The first-order valence-electron chi connectivity index (χ1n) is 6.73. The Hall–Kier alpha value is -1.23. The highest BCUT2D eigenvalue weighted by atomic mass is 79.9. The van der Waals surface area contributed by atoms with E-state index in [0.717, 1.165) is 22.2 Å². The van der Waals surface area contributed by atoms with Crippen LogP contribution in [0.1, 0.15) is 30.7 Å². The fraction of sp³-hybridized carbons (Fsp3) is 0.312. The van der Waals surface area contributed by atoms with E-state index in [1.165, 1.54) is 0 Å². The zero-order chi connectivity index (χ0) is 14.4. The largest absolute Gasteiger partial charge is 0.366 e. The lowest BCUT2D eigenvalue weighted by Gasteiger charge is -2.23. The molecule has 0 spiro atoms. The van der Waals surface area contributed by atoms with Crippen LogP contribution in [0.3, 0.4) is 0 Å². The minimum Gasteiger partial charge on any atom is -0.366 e. The molecule has 1 aromatic heterocycles. The molecule has 2 aromatic rings. The second-order valence-corrected chi connectivity index (χ2v) is 5.60. The molecule has 0 fully saturated rings. The Labute approximate surface area is 128 Å². The average molecular weight is 335 g/mol. The molecule has 0 amide bonds. The first kappa shape index (κ1) is 15.2. The quantitative estimate of drug-likeness (QED) is 0.873. The lowest BCUT2D eigenvalue weighted by Crippen LogP contribution is -2.30. The molecule has 2 rings (SSSR count). The fourth-order valence-electron chi connectivity index (χ4n) is 1.95. The van der Waals surface area contributed by atoms with Crippen molar-refractivity contribution in [1.29, 1.82) is 0 Å². The number of rotatable bonds is 6. The summed E-state index contributed by atoms with van der Waals surface area (Å²) in [6, 6.07) is 13.9. The number of nitrogens with zero attached hydrogens (tertiary/aromatic N) is 1. The van der Waals surface area contributed by atoms with Gasteiger partial charge >= 0.3 is 0 Å². The van der Waals surface area contributed by atoms with Gasteiger partial charge in [-0.15, -0.1) is 0 Å². The van der Waals surface area contributed by atoms with Crippen LogP contribution in [0, 0.1) is 0 Å². The summed E-state index contributed by atoms with van der Waals surface area (Å²) in [5.41, 5.74) is 8.18. The Balaban J connectivity index is 2.07. The number of ether oxygens (including phenoxy) is 1. The third-order valence-electron chi connectivity index (χ3n) is 3.18. The van der Waals surface area contributed by atoms with E-state index in [4.69, 9.17) is 10.5 Å². The van der Waals surface area contributed by atoms with Gasteiger partial charge < -0.3 is 10.5 Å². The molecular weight excluding hydrogens is 316 g/mol.